The fraction of sp³-hybridized carbons (Fsp3) is 0.0952. The molecule has 0 unspecified atom stereocenters. The molecular formula is C21H17ClN2O2. The smallest absolute Gasteiger partial charge is 0.137 e. The summed E-state index contributed by atoms with van der Waals surface area (Å²) in [6, 6.07) is 17.4. The lowest BCUT2D eigenvalue weighted by atomic mass is 10.0. The van der Waals surface area contributed by atoms with Gasteiger partial charge in [-0.25, -0.2) is 4.98 Å². The fourth-order valence-corrected chi connectivity index (χ4v) is 3.08. The number of benzene rings is 2. The first-order valence-electron chi connectivity index (χ1n) is 8.20. The molecule has 0 aliphatic heterocycles. The highest BCUT2D eigenvalue weighted by Crippen LogP contribution is 2.28. The van der Waals surface area contributed by atoms with Crippen LogP contribution in [0.5, 0.6) is 5.75 Å². The average Bonchev–Trinajstić information content (AvgIpc) is 3.11. The topological polar surface area (TPSA) is 46.8 Å². The molecule has 0 spiro atoms. The number of aliphatic hydroxyl groups excluding tert-OH is 1. The number of hydrogen-bond donors (Lipinski definition) is 1. The van der Waals surface area contributed by atoms with Gasteiger partial charge < -0.3 is 14.2 Å². The van der Waals surface area contributed by atoms with E-state index in [-0.39, 0.29) is 6.61 Å². The molecule has 2 aromatic carbocycles. The van der Waals surface area contributed by atoms with Gasteiger partial charge in [-0.1, -0.05) is 23.7 Å². The minimum absolute atomic E-state index is 0.0295. The lowest BCUT2D eigenvalue weighted by Crippen LogP contribution is -1.91. The van der Waals surface area contributed by atoms with Crippen LogP contribution in [0.4, 0.5) is 0 Å². The molecule has 0 saturated heterocycles. The van der Waals surface area contributed by atoms with Crippen molar-refractivity contribution in [1.82, 2.24) is 9.38 Å². The molecule has 0 radical (unpaired) electrons. The Morgan fingerprint density at radius 3 is 2.46 bits per heavy atom. The van der Waals surface area contributed by atoms with Crippen molar-refractivity contribution in [3.63, 3.8) is 0 Å². The van der Waals surface area contributed by atoms with Gasteiger partial charge in [0.2, 0.25) is 0 Å². The van der Waals surface area contributed by atoms with Crippen LogP contribution in [0.1, 0.15) is 5.56 Å². The highest BCUT2D eigenvalue weighted by Gasteiger charge is 2.08. The second kappa shape index (κ2) is 6.83. The van der Waals surface area contributed by atoms with Crippen LogP contribution in [-0.2, 0) is 6.61 Å². The summed E-state index contributed by atoms with van der Waals surface area (Å²) >= 11 is 5.96. The number of rotatable bonds is 4. The summed E-state index contributed by atoms with van der Waals surface area (Å²) < 4.78 is 7.33. The zero-order valence-corrected chi connectivity index (χ0v) is 14.9. The van der Waals surface area contributed by atoms with Gasteiger partial charge in [0.25, 0.3) is 0 Å². The van der Waals surface area contributed by atoms with Crippen LogP contribution in [0.3, 0.4) is 0 Å². The molecule has 5 heteroatoms. The summed E-state index contributed by atoms with van der Waals surface area (Å²) in [5, 5.41) is 10.2. The third kappa shape index (κ3) is 3.17. The lowest BCUT2D eigenvalue weighted by Gasteiger charge is -2.08. The Morgan fingerprint density at radius 1 is 0.962 bits per heavy atom. The van der Waals surface area contributed by atoms with Crippen molar-refractivity contribution in [2.24, 2.45) is 0 Å². The number of ether oxygens (including phenoxy) is 1. The number of halogens is 1. The van der Waals surface area contributed by atoms with Crippen LogP contribution >= 0.6 is 11.6 Å². The molecule has 4 nitrogen and oxygen atoms in total. The molecule has 0 amide bonds. The number of hydrogen-bond acceptors (Lipinski definition) is 3. The van der Waals surface area contributed by atoms with E-state index >= 15 is 0 Å². The summed E-state index contributed by atoms with van der Waals surface area (Å²) in [5.41, 5.74) is 5.59. The van der Waals surface area contributed by atoms with Gasteiger partial charge in [-0.05, 0) is 59.2 Å². The number of aromatic nitrogens is 2. The maximum atomic E-state index is 9.47. The molecule has 1 N–H and O–H groups in total. The zero-order chi connectivity index (χ0) is 18.1. The summed E-state index contributed by atoms with van der Waals surface area (Å²) in [5.74, 6) is 0.721. The second-order valence-corrected chi connectivity index (χ2v) is 6.48. The molecule has 0 bridgehead atoms. The quantitative estimate of drug-likeness (QED) is 0.564. The fourth-order valence-electron chi connectivity index (χ4n) is 2.96. The largest absolute Gasteiger partial charge is 0.497 e. The summed E-state index contributed by atoms with van der Waals surface area (Å²) in [6.45, 7) is -0.0295. The van der Waals surface area contributed by atoms with E-state index in [1.54, 1.807) is 7.11 Å². The average molecular weight is 365 g/mol. The van der Waals surface area contributed by atoms with Gasteiger partial charge in [0.05, 0.1) is 19.4 Å². The van der Waals surface area contributed by atoms with Gasteiger partial charge in [0.1, 0.15) is 11.4 Å². The van der Waals surface area contributed by atoms with Gasteiger partial charge in [-0.3, -0.25) is 0 Å². The third-order valence-corrected chi connectivity index (χ3v) is 4.56. The van der Waals surface area contributed by atoms with Crippen LogP contribution < -0.4 is 4.74 Å². The van der Waals surface area contributed by atoms with Crippen molar-refractivity contribution in [2.75, 3.05) is 7.11 Å². The van der Waals surface area contributed by atoms with Crippen molar-refractivity contribution < 1.29 is 9.84 Å². The Morgan fingerprint density at radius 2 is 1.73 bits per heavy atom. The van der Waals surface area contributed by atoms with Crippen molar-refractivity contribution in [2.45, 2.75) is 6.61 Å². The first kappa shape index (κ1) is 16.6. The van der Waals surface area contributed by atoms with E-state index < -0.39 is 0 Å². The second-order valence-electron chi connectivity index (χ2n) is 6.04. The van der Waals surface area contributed by atoms with E-state index in [1.807, 2.05) is 71.4 Å². The maximum Gasteiger partial charge on any atom is 0.137 e. The minimum Gasteiger partial charge on any atom is -0.497 e. The van der Waals surface area contributed by atoms with E-state index in [0.717, 1.165) is 39.3 Å². The normalized spacial score (nSPS) is 11.0. The number of nitrogens with zero attached hydrogens (tertiary/aromatic N) is 2. The zero-order valence-electron chi connectivity index (χ0n) is 14.2. The van der Waals surface area contributed by atoms with Crippen molar-refractivity contribution in [3.05, 3.63) is 77.6 Å². The van der Waals surface area contributed by atoms with Crippen molar-refractivity contribution >= 4 is 17.2 Å². The van der Waals surface area contributed by atoms with Gasteiger partial charge in [0, 0.05) is 23.0 Å². The molecule has 4 aromatic rings. The van der Waals surface area contributed by atoms with Crippen LogP contribution in [0.25, 0.3) is 28.0 Å². The number of fused-ring (bicyclic) bond motifs is 1. The Hall–Kier alpha value is -2.82. The summed E-state index contributed by atoms with van der Waals surface area (Å²) in [6.07, 6.45) is 4.02. The molecule has 0 fully saturated rings. The van der Waals surface area contributed by atoms with Crippen LogP contribution in [-0.4, -0.2) is 21.6 Å². The van der Waals surface area contributed by atoms with Gasteiger partial charge in [-0.15, -0.1) is 0 Å². The molecule has 26 heavy (non-hydrogen) atoms. The van der Waals surface area contributed by atoms with E-state index in [0.29, 0.717) is 5.02 Å². The first-order valence-corrected chi connectivity index (χ1v) is 8.58. The van der Waals surface area contributed by atoms with E-state index in [9.17, 15) is 5.11 Å². The SMILES string of the molecule is COc1cc(CO)cc(-c2ccc3nc(-c4ccc(Cl)cc4)cn3c2)c1. The first-order chi connectivity index (χ1) is 12.7. The van der Waals surface area contributed by atoms with Crippen LogP contribution in [0.15, 0.2) is 67.0 Å². The Kier molecular flexibility index (Phi) is 4.37. The summed E-state index contributed by atoms with van der Waals surface area (Å²) in [4.78, 5) is 4.67. The van der Waals surface area contributed by atoms with Crippen molar-refractivity contribution in [1.29, 1.82) is 0 Å². The molecule has 0 saturated carbocycles. The lowest BCUT2D eigenvalue weighted by molar-refractivity contribution is 0.281. The molecule has 4 rings (SSSR count). The van der Waals surface area contributed by atoms with Gasteiger partial charge in [0.15, 0.2) is 0 Å². The Bertz CT molecular complexity index is 1050. The van der Waals surface area contributed by atoms with E-state index in [2.05, 4.69) is 4.98 Å². The van der Waals surface area contributed by atoms with E-state index in [4.69, 9.17) is 16.3 Å². The van der Waals surface area contributed by atoms with E-state index in [1.165, 1.54) is 0 Å². The third-order valence-electron chi connectivity index (χ3n) is 4.31. The molecule has 0 atom stereocenters. The molecule has 0 aliphatic rings. The highest BCUT2D eigenvalue weighted by molar-refractivity contribution is 6.30. The predicted molar refractivity (Wildman–Crippen MR) is 104 cm³/mol. The highest BCUT2D eigenvalue weighted by atomic mass is 35.5. The summed E-state index contributed by atoms with van der Waals surface area (Å²) in [7, 11) is 1.62. The predicted octanol–water partition coefficient (Wildman–Crippen LogP) is 4.82. The monoisotopic (exact) mass is 364 g/mol. The number of aliphatic hydroxyl groups is 1. The number of imidazole rings is 1. The van der Waals surface area contributed by atoms with Crippen LogP contribution in [0, 0.1) is 0 Å². The molecular weight excluding hydrogens is 348 g/mol. The minimum atomic E-state index is -0.0295. The molecule has 0 aliphatic carbocycles. The van der Waals surface area contributed by atoms with Gasteiger partial charge in [-0.2, -0.15) is 0 Å². The Labute approximate surface area is 156 Å². The number of methoxy groups -OCH3 is 1. The Balaban J connectivity index is 1.77. The van der Waals surface area contributed by atoms with Gasteiger partial charge >= 0.3 is 0 Å². The van der Waals surface area contributed by atoms with Crippen molar-refractivity contribution in [3.8, 4) is 28.1 Å². The molecule has 2 heterocycles. The number of pyridine rings is 1. The standard InChI is InChI=1S/C21H17ClN2O2/c1-26-19-9-14(13-25)8-17(10-19)16-4-7-21-23-20(12-24(21)11-16)15-2-5-18(22)6-3-15/h2-12,25H,13H2,1H3. The maximum absolute atomic E-state index is 9.47. The molecule has 2 aromatic heterocycles. The molecule has 130 valence electrons. The van der Waals surface area contributed by atoms with Crippen LogP contribution in [0.2, 0.25) is 5.02 Å².